The molecule has 0 aliphatic heterocycles. The molecule has 0 saturated carbocycles. The fourth-order valence-corrected chi connectivity index (χ4v) is 4.26. The van der Waals surface area contributed by atoms with Gasteiger partial charge in [-0.2, -0.15) is 0 Å². The van der Waals surface area contributed by atoms with Crippen LogP contribution in [-0.4, -0.2) is 26.6 Å². The highest BCUT2D eigenvalue weighted by Gasteiger charge is 2.15. The molecule has 5 nitrogen and oxygen atoms in total. The van der Waals surface area contributed by atoms with Gasteiger partial charge in [-0.1, -0.05) is 18.2 Å². The summed E-state index contributed by atoms with van der Waals surface area (Å²) in [7, 11) is 0. The molecule has 4 rings (SSSR count). The molecule has 0 spiro atoms. The van der Waals surface area contributed by atoms with E-state index in [1.54, 1.807) is 11.3 Å². The van der Waals surface area contributed by atoms with Gasteiger partial charge in [-0.3, -0.25) is 4.79 Å². The van der Waals surface area contributed by atoms with Crippen molar-refractivity contribution >= 4 is 28.3 Å². The first-order valence-corrected chi connectivity index (χ1v) is 10.4. The zero-order chi connectivity index (χ0) is 19.5. The van der Waals surface area contributed by atoms with E-state index in [4.69, 9.17) is 0 Å². The first kappa shape index (κ1) is 18.5. The number of aromatic nitrogens is 3. The third-order valence-electron chi connectivity index (χ3n) is 5.10. The van der Waals surface area contributed by atoms with E-state index in [0.29, 0.717) is 6.54 Å². The summed E-state index contributed by atoms with van der Waals surface area (Å²) in [4.78, 5) is 18.4. The van der Waals surface area contributed by atoms with E-state index in [2.05, 4.69) is 49.9 Å². The van der Waals surface area contributed by atoms with E-state index >= 15 is 0 Å². The number of carbonyl (C=O) groups is 1. The summed E-state index contributed by atoms with van der Waals surface area (Å²) in [5.74, 6) is 0.000943. The van der Waals surface area contributed by atoms with E-state index in [9.17, 15) is 4.79 Å². The third-order valence-corrected chi connectivity index (χ3v) is 5.96. The molecule has 0 unspecified atom stereocenters. The Bertz CT molecular complexity index is 1090. The molecule has 144 valence electrons. The van der Waals surface area contributed by atoms with Gasteiger partial charge in [0.2, 0.25) is 0 Å². The smallest absolute Gasteiger partial charge is 0.253 e. The highest BCUT2D eigenvalue weighted by molar-refractivity contribution is 7.09. The molecule has 1 aromatic carbocycles. The van der Waals surface area contributed by atoms with Gasteiger partial charge in [0.05, 0.1) is 29.5 Å². The number of benzene rings is 1. The summed E-state index contributed by atoms with van der Waals surface area (Å²) < 4.78 is 4.34. The summed E-state index contributed by atoms with van der Waals surface area (Å²) in [6, 6.07) is 14.3. The number of aryl methyl sites for hydroxylation is 2. The second-order valence-electron chi connectivity index (χ2n) is 6.99. The molecule has 3 heterocycles. The molecule has 3 aromatic heterocycles. The Labute approximate surface area is 168 Å². The first-order valence-electron chi connectivity index (χ1n) is 9.50. The van der Waals surface area contributed by atoms with Crippen molar-refractivity contribution in [2.24, 2.45) is 0 Å². The van der Waals surface area contributed by atoms with Crippen LogP contribution in [0, 0.1) is 13.8 Å². The van der Waals surface area contributed by atoms with E-state index in [1.807, 2.05) is 37.5 Å². The number of hydrogen-bond donors (Lipinski definition) is 1. The Hall–Kier alpha value is -2.86. The molecule has 1 amide bonds. The molecular weight excluding hydrogens is 368 g/mol. The van der Waals surface area contributed by atoms with Crippen molar-refractivity contribution in [2.75, 3.05) is 6.54 Å². The minimum absolute atomic E-state index is 0.000943. The van der Waals surface area contributed by atoms with Crippen molar-refractivity contribution in [3.8, 4) is 0 Å². The minimum atomic E-state index is 0.000943. The van der Waals surface area contributed by atoms with E-state index in [1.165, 1.54) is 4.88 Å². The lowest BCUT2D eigenvalue weighted by atomic mass is 10.2. The van der Waals surface area contributed by atoms with Crippen LogP contribution in [0.4, 0.5) is 0 Å². The van der Waals surface area contributed by atoms with Crippen LogP contribution in [0.15, 0.2) is 54.2 Å². The summed E-state index contributed by atoms with van der Waals surface area (Å²) in [5.41, 5.74) is 5.03. The quantitative estimate of drug-likeness (QED) is 0.475. The Morgan fingerprint density at radius 3 is 2.86 bits per heavy atom. The fourth-order valence-electron chi connectivity index (χ4n) is 3.57. The summed E-state index contributed by atoms with van der Waals surface area (Å²) in [6.45, 7) is 6.36. The van der Waals surface area contributed by atoms with E-state index in [0.717, 1.165) is 47.5 Å². The molecule has 28 heavy (non-hydrogen) atoms. The molecule has 0 atom stereocenters. The zero-order valence-electron chi connectivity index (χ0n) is 16.2. The molecule has 4 aromatic rings. The maximum Gasteiger partial charge on any atom is 0.253 e. The lowest BCUT2D eigenvalue weighted by Crippen LogP contribution is -2.25. The number of para-hydroxylation sites is 2. The molecule has 6 heteroatoms. The molecule has 0 aliphatic rings. The van der Waals surface area contributed by atoms with Crippen LogP contribution < -0.4 is 5.32 Å². The second kappa shape index (κ2) is 8.02. The maximum absolute atomic E-state index is 12.7. The Kier molecular flexibility index (Phi) is 5.30. The van der Waals surface area contributed by atoms with Gasteiger partial charge in [-0.25, -0.2) is 4.98 Å². The van der Waals surface area contributed by atoms with Gasteiger partial charge in [-0.05, 0) is 49.9 Å². The van der Waals surface area contributed by atoms with Gasteiger partial charge in [0, 0.05) is 29.4 Å². The van der Waals surface area contributed by atoms with Crippen molar-refractivity contribution in [3.63, 3.8) is 0 Å². The number of imidazole rings is 1. The molecule has 0 aliphatic carbocycles. The first-order chi connectivity index (χ1) is 13.6. The molecule has 0 bridgehead atoms. The lowest BCUT2D eigenvalue weighted by molar-refractivity contribution is 0.0952. The largest absolute Gasteiger partial charge is 0.352 e. The molecular formula is C22H24N4OS. The van der Waals surface area contributed by atoms with Crippen LogP contribution in [0.1, 0.15) is 33.0 Å². The number of fused-ring (bicyclic) bond motifs is 1. The topological polar surface area (TPSA) is 51.9 Å². The number of hydrogen-bond acceptors (Lipinski definition) is 3. The Balaban J connectivity index is 1.35. The number of rotatable bonds is 7. The molecule has 0 saturated heterocycles. The van der Waals surface area contributed by atoms with Crippen LogP contribution in [0.25, 0.3) is 11.0 Å². The van der Waals surface area contributed by atoms with Gasteiger partial charge in [0.25, 0.3) is 5.91 Å². The lowest BCUT2D eigenvalue weighted by Gasteiger charge is -2.09. The SMILES string of the molecule is Cc1cc(C(=O)NCCCn2cnc3ccccc32)c(C)n1Cc1cccs1. The zero-order valence-corrected chi connectivity index (χ0v) is 17.0. The third kappa shape index (κ3) is 3.73. The summed E-state index contributed by atoms with van der Waals surface area (Å²) >= 11 is 1.74. The van der Waals surface area contributed by atoms with Crippen LogP contribution in [0.3, 0.4) is 0 Å². The molecule has 0 radical (unpaired) electrons. The van der Waals surface area contributed by atoms with Crippen molar-refractivity contribution in [2.45, 2.75) is 33.4 Å². The number of thiophene rings is 1. The number of nitrogens with zero attached hydrogens (tertiary/aromatic N) is 3. The van der Waals surface area contributed by atoms with Crippen molar-refractivity contribution in [1.82, 2.24) is 19.4 Å². The predicted octanol–water partition coefficient (Wildman–Crippen LogP) is 4.38. The van der Waals surface area contributed by atoms with Crippen molar-refractivity contribution < 1.29 is 4.79 Å². The van der Waals surface area contributed by atoms with Gasteiger partial charge < -0.3 is 14.5 Å². The monoisotopic (exact) mass is 392 g/mol. The Morgan fingerprint density at radius 1 is 1.18 bits per heavy atom. The van der Waals surface area contributed by atoms with E-state index < -0.39 is 0 Å². The van der Waals surface area contributed by atoms with Gasteiger partial charge >= 0.3 is 0 Å². The van der Waals surface area contributed by atoms with Gasteiger partial charge in [0.15, 0.2) is 0 Å². The van der Waals surface area contributed by atoms with Crippen LogP contribution >= 0.6 is 11.3 Å². The van der Waals surface area contributed by atoms with Crippen LogP contribution in [0.5, 0.6) is 0 Å². The van der Waals surface area contributed by atoms with Crippen molar-refractivity contribution in [3.05, 3.63) is 76.0 Å². The summed E-state index contributed by atoms with van der Waals surface area (Å²) in [5, 5.41) is 5.15. The maximum atomic E-state index is 12.7. The average Bonchev–Trinajstić information content (AvgIpc) is 3.42. The highest BCUT2D eigenvalue weighted by atomic mass is 32.1. The number of carbonyl (C=O) groups excluding carboxylic acids is 1. The van der Waals surface area contributed by atoms with Crippen molar-refractivity contribution in [1.29, 1.82) is 0 Å². The van der Waals surface area contributed by atoms with Crippen LogP contribution in [-0.2, 0) is 13.1 Å². The Morgan fingerprint density at radius 2 is 2.04 bits per heavy atom. The fraction of sp³-hybridized carbons (Fsp3) is 0.273. The van der Waals surface area contributed by atoms with Crippen LogP contribution in [0.2, 0.25) is 0 Å². The van der Waals surface area contributed by atoms with Gasteiger partial charge in [-0.15, -0.1) is 11.3 Å². The standard InChI is InChI=1S/C22H24N4OS/c1-16-13-19(17(2)26(16)14-18-7-5-12-28-18)22(27)23-10-6-11-25-15-24-20-8-3-4-9-21(20)25/h3-5,7-9,12-13,15H,6,10-11,14H2,1-2H3,(H,23,27). The summed E-state index contributed by atoms with van der Waals surface area (Å²) in [6.07, 6.45) is 2.73. The molecule has 1 N–H and O–H groups in total. The van der Waals surface area contributed by atoms with Gasteiger partial charge in [0.1, 0.15) is 0 Å². The average molecular weight is 393 g/mol. The minimum Gasteiger partial charge on any atom is -0.352 e. The van der Waals surface area contributed by atoms with E-state index in [-0.39, 0.29) is 5.91 Å². The number of nitrogens with one attached hydrogen (secondary N) is 1. The predicted molar refractivity (Wildman–Crippen MR) is 114 cm³/mol. The normalized spacial score (nSPS) is 11.2. The number of amides is 1. The highest BCUT2D eigenvalue weighted by Crippen LogP contribution is 2.19. The second-order valence-corrected chi connectivity index (χ2v) is 8.02. The molecule has 0 fully saturated rings.